The van der Waals surface area contributed by atoms with Crippen LogP contribution in [0, 0.1) is 10.1 Å². The summed E-state index contributed by atoms with van der Waals surface area (Å²) in [6, 6.07) is 4.94. The molecule has 0 aliphatic rings. The molecule has 0 saturated carbocycles. The van der Waals surface area contributed by atoms with E-state index >= 15 is 0 Å². The lowest BCUT2D eigenvalue weighted by atomic mass is 10.1. The number of anilines is 1. The first-order valence-electron chi connectivity index (χ1n) is 4.43. The molecule has 0 fully saturated rings. The fraction of sp³-hybridized carbons (Fsp3) is 0.100. The monoisotopic (exact) mass is 203 g/mol. The van der Waals surface area contributed by atoms with Crippen LogP contribution in [0.4, 0.5) is 11.4 Å². The Morgan fingerprint density at radius 1 is 1.33 bits per heavy atom. The lowest BCUT2D eigenvalue weighted by molar-refractivity contribution is -0.383. The molecule has 0 atom stereocenters. The number of nitro groups is 1. The molecule has 1 aromatic carbocycles. The van der Waals surface area contributed by atoms with Crippen molar-refractivity contribution >= 4 is 22.1 Å². The Morgan fingerprint density at radius 2 is 2.13 bits per heavy atom. The Kier molecular flexibility index (Phi) is 2.21. The fourth-order valence-electron chi connectivity index (χ4n) is 1.55. The maximum Gasteiger partial charge on any atom is 0.278 e. The van der Waals surface area contributed by atoms with Crippen LogP contribution in [0.2, 0.25) is 0 Å². The van der Waals surface area contributed by atoms with Gasteiger partial charge in [0.1, 0.15) is 0 Å². The van der Waals surface area contributed by atoms with Gasteiger partial charge in [0.05, 0.1) is 10.3 Å². The smallest absolute Gasteiger partial charge is 0.278 e. The van der Waals surface area contributed by atoms with Crippen molar-refractivity contribution in [2.75, 3.05) is 12.4 Å². The lowest BCUT2D eigenvalue weighted by Crippen LogP contribution is -1.94. The van der Waals surface area contributed by atoms with E-state index in [9.17, 15) is 10.1 Å². The van der Waals surface area contributed by atoms with E-state index in [-0.39, 0.29) is 5.69 Å². The van der Waals surface area contributed by atoms with Gasteiger partial charge in [-0.05, 0) is 12.1 Å². The Balaban J connectivity index is 2.83. The second-order valence-electron chi connectivity index (χ2n) is 3.06. The average Bonchev–Trinajstić information content (AvgIpc) is 2.27. The van der Waals surface area contributed by atoms with Crippen LogP contribution in [0.3, 0.4) is 0 Å². The third-order valence-electron chi connectivity index (χ3n) is 2.26. The van der Waals surface area contributed by atoms with Gasteiger partial charge in [-0.3, -0.25) is 15.1 Å². The molecule has 0 radical (unpaired) electrons. The average molecular weight is 203 g/mol. The van der Waals surface area contributed by atoms with Gasteiger partial charge >= 0.3 is 0 Å². The quantitative estimate of drug-likeness (QED) is 0.600. The third kappa shape index (κ3) is 1.48. The highest BCUT2D eigenvalue weighted by molar-refractivity contribution is 5.98. The van der Waals surface area contributed by atoms with E-state index in [4.69, 9.17) is 0 Å². The summed E-state index contributed by atoms with van der Waals surface area (Å²) in [7, 11) is 1.78. The first-order valence-corrected chi connectivity index (χ1v) is 4.43. The SMILES string of the molecule is CNc1ccc([N+](=O)[O-])c2cnccc12. The summed E-state index contributed by atoms with van der Waals surface area (Å²) in [5.74, 6) is 0. The number of non-ortho nitro benzene ring substituents is 1. The Labute approximate surface area is 85.9 Å². The number of benzene rings is 1. The van der Waals surface area contributed by atoms with Gasteiger partial charge in [-0.15, -0.1) is 0 Å². The number of hydrogen-bond donors (Lipinski definition) is 1. The Bertz CT molecular complexity index is 525. The number of nitro benzene ring substituents is 1. The number of fused-ring (bicyclic) bond motifs is 1. The van der Waals surface area contributed by atoms with Crippen LogP contribution in [0.5, 0.6) is 0 Å². The molecule has 0 saturated heterocycles. The van der Waals surface area contributed by atoms with Crippen LogP contribution in [0.1, 0.15) is 0 Å². The highest BCUT2D eigenvalue weighted by atomic mass is 16.6. The number of nitrogens with one attached hydrogen (secondary N) is 1. The van der Waals surface area contributed by atoms with Crippen molar-refractivity contribution < 1.29 is 4.92 Å². The van der Waals surface area contributed by atoms with E-state index in [0.717, 1.165) is 11.1 Å². The van der Waals surface area contributed by atoms with Gasteiger partial charge in [0.15, 0.2) is 0 Å². The highest BCUT2D eigenvalue weighted by Crippen LogP contribution is 2.30. The minimum atomic E-state index is -0.399. The van der Waals surface area contributed by atoms with Crippen LogP contribution in [-0.2, 0) is 0 Å². The van der Waals surface area contributed by atoms with E-state index in [1.165, 1.54) is 12.3 Å². The van der Waals surface area contributed by atoms with E-state index in [1.807, 2.05) is 0 Å². The zero-order valence-corrected chi connectivity index (χ0v) is 8.10. The molecule has 0 bridgehead atoms. The van der Waals surface area contributed by atoms with Gasteiger partial charge in [-0.2, -0.15) is 0 Å². The van der Waals surface area contributed by atoms with Crippen molar-refractivity contribution in [3.63, 3.8) is 0 Å². The maximum atomic E-state index is 10.8. The van der Waals surface area contributed by atoms with E-state index in [1.54, 1.807) is 25.4 Å². The molecule has 1 heterocycles. The highest BCUT2D eigenvalue weighted by Gasteiger charge is 2.13. The largest absolute Gasteiger partial charge is 0.388 e. The predicted molar refractivity (Wildman–Crippen MR) is 57.9 cm³/mol. The first-order chi connectivity index (χ1) is 7.24. The fourth-order valence-corrected chi connectivity index (χ4v) is 1.55. The van der Waals surface area contributed by atoms with Gasteiger partial charge in [0.25, 0.3) is 5.69 Å². The van der Waals surface area contributed by atoms with E-state index < -0.39 is 4.92 Å². The lowest BCUT2D eigenvalue weighted by Gasteiger charge is -2.05. The summed E-state index contributed by atoms with van der Waals surface area (Å²) in [5, 5.41) is 15.1. The summed E-state index contributed by atoms with van der Waals surface area (Å²) >= 11 is 0. The van der Waals surface area contributed by atoms with Crippen molar-refractivity contribution in [3.8, 4) is 0 Å². The molecule has 2 aromatic rings. The van der Waals surface area contributed by atoms with Gasteiger partial charge in [-0.1, -0.05) is 0 Å². The van der Waals surface area contributed by atoms with Gasteiger partial charge in [0.2, 0.25) is 0 Å². The molecule has 0 amide bonds. The predicted octanol–water partition coefficient (Wildman–Crippen LogP) is 2.18. The van der Waals surface area contributed by atoms with Crippen LogP contribution in [0.15, 0.2) is 30.6 Å². The summed E-state index contributed by atoms with van der Waals surface area (Å²) in [4.78, 5) is 14.3. The molecule has 15 heavy (non-hydrogen) atoms. The van der Waals surface area contributed by atoms with E-state index in [2.05, 4.69) is 10.3 Å². The molecule has 76 valence electrons. The summed E-state index contributed by atoms with van der Waals surface area (Å²) < 4.78 is 0. The molecule has 2 rings (SSSR count). The standard InChI is InChI=1S/C10H9N3O2/c1-11-9-2-3-10(13(14)15)8-6-12-5-4-7(8)9/h2-6,11H,1H3. The van der Waals surface area contributed by atoms with Crippen molar-refractivity contribution in [3.05, 3.63) is 40.7 Å². The minimum Gasteiger partial charge on any atom is -0.388 e. The topological polar surface area (TPSA) is 68.1 Å². The number of aromatic nitrogens is 1. The molecule has 5 nitrogen and oxygen atoms in total. The van der Waals surface area contributed by atoms with E-state index in [0.29, 0.717) is 5.39 Å². The first kappa shape index (κ1) is 9.39. The van der Waals surface area contributed by atoms with Crippen LogP contribution >= 0.6 is 0 Å². The molecule has 1 N–H and O–H groups in total. The van der Waals surface area contributed by atoms with Crippen molar-refractivity contribution in [1.29, 1.82) is 0 Å². The van der Waals surface area contributed by atoms with Gasteiger partial charge in [0, 0.05) is 36.6 Å². The van der Waals surface area contributed by atoms with Crippen LogP contribution < -0.4 is 5.32 Å². The molecular weight excluding hydrogens is 194 g/mol. The van der Waals surface area contributed by atoms with Crippen molar-refractivity contribution in [2.24, 2.45) is 0 Å². The summed E-state index contributed by atoms with van der Waals surface area (Å²) in [6.45, 7) is 0. The molecule has 0 aliphatic heterocycles. The zero-order valence-electron chi connectivity index (χ0n) is 8.10. The number of rotatable bonds is 2. The maximum absolute atomic E-state index is 10.8. The minimum absolute atomic E-state index is 0.0806. The summed E-state index contributed by atoms with van der Waals surface area (Å²) in [5.41, 5.74) is 0.940. The van der Waals surface area contributed by atoms with Gasteiger partial charge in [-0.25, -0.2) is 0 Å². The van der Waals surface area contributed by atoms with Gasteiger partial charge < -0.3 is 5.32 Å². The molecular formula is C10H9N3O2. The molecule has 1 aromatic heterocycles. The molecule has 0 spiro atoms. The summed E-state index contributed by atoms with van der Waals surface area (Å²) in [6.07, 6.45) is 3.13. The second kappa shape index (κ2) is 3.53. The number of pyridine rings is 1. The molecule has 0 unspecified atom stereocenters. The second-order valence-corrected chi connectivity index (χ2v) is 3.06. The number of nitrogens with zero attached hydrogens (tertiary/aromatic N) is 2. The van der Waals surface area contributed by atoms with Crippen molar-refractivity contribution in [2.45, 2.75) is 0 Å². The third-order valence-corrected chi connectivity index (χ3v) is 2.26. The zero-order chi connectivity index (χ0) is 10.8. The Hall–Kier alpha value is -2.17. The molecule has 5 heteroatoms. The Morgan fingerprint density at radius 3 is 2.80 bits per heavy atom. The normalized spacial score (nSPS) is 10.2. The van der Waals surface area contributed by atoms with Crippen LogP contribution in [0.25, 0.3) is 10.8 Å². The van der Waals surface area contributed by atoms with Crippen LogP contribution in [-0.4, -0.2) is 17.0 Å². The number of hydrogen-bond acceptors (Lipinski definition) is 4. The van der Waals surface area contributed by atoms with Crippen molar-refractivity contribution in [1.82, 2.24) is 4.98 Å². The molecule has 0 aliphatic carbocycles.